The number of carbonyl (C=O) groups excluding carboxylic acids is 2. The van der Waals surface area contributed by atoms with Crippen molar-refractivity contribution in [1.82, 2.24) is 4.98 Å². The Morgan fingerprint density at radius 1 is 1.53 bits per heavy atom. The van der Waals surface area contributed by atoms with E-state index in [0.717, 1.165) is 11.8 Å². The third-order valence-electron chi connectivity index (χ3n) is 2.70. The lowest BCUT2D eigenvalue weighted by molar-refractivity contribution is -0.117. The molecule has 2 heterocycles. The Kier molecular flexibility index (Phi) is 3.84. The van der Waals surface area contributed by atoms with Crippen LogP contribution in [0.4, 0.5) is 5.69 Å². The Balaban J connectivity index is 2.18. The van der Waals surface area contributed by atoms with Crippen LogP contribution >= 0.6 is 11.8 Å². The number of nitrogens with zero attached hydrogens (tertiary/aromatic N) is 2. The summed E-state index contributed by atoms with van der Waals surface area (Å²) in [5.74, 6) is -1.25. The van der Waals surface area contributed by atoms with Crippen molar-refractivity contribution in [3.05, 3.63) is 24.0 Å². The van der Waals surface area contributed by atoms with Gasteiger partial charge in [0.15, 0.2) is 5.12 Å². The second-order valence-corrected chi connectivity index (χ2v) is 5.62. The first kappa shape index (κ1) is 13.5. The molecule has 0 aliphatic carbocycles. The average Bonchev–Trinajstić information content (AvgIpc) is 2.69. The number of carbonyl (C=O) groups is 3. The van der Waals surface area contributed by atoms with Crippen LogP contribution in [0.15, 0.2) is 18.3 Å². The number of pyridine rings is 1. The molecule has 7 heteroatoms. The SMILES string of the molecule is CC(=O)SC1CC(=O)N(c2ccnc(C(=O)O)c2)C1. The zero-order chi connectivity index (χ0) is 14.0. The normalized spacial score (nSPS) is 18.7. The fourth-order valence-corrected chi connectivity index (χ4v) is 2.86. The monoisotopic (exact) mass is 280 g/mol. The molecular weight excluding hydrogens is 268 g/mol. The van der Waals surface area contributed by atoms with Gasteiger partial charge in [-0.2, -0.15) is 0 Å². The summed E-state index contributed by atoms with van der Waals surface area (Å²) in [5.41, 5.74) is 0.400. The van der Waals surface area contributed by atoms with E-state index in [0.29, 0.717) is 12.2 Å². The van der Waals surface area contributed by atoms with E-state index in [4.69, 9.17) is 5.11 Å². The number of carboxylic acid groups (broad SMARTS) is 1. The Bertz CT molecular complexity index is 546. The van der Waals surface area contributed by atoms with Gasteiger partial charge in [-0.15, -0.1) is 0 Å². The minimum absolute atomic E-state index is 0.0272. The number of thioether (sulfide) groups is 1. The molecule has 1 aromatic heterocycles. The van der Waals surface area contributed by atoms with Gasteiger partial charge < -0.3 is 10.0 Å². The molecule has 1 fully saturated rings. The lowest BCUT2D eigenvalue weighted by Gasteiger charge is -2.16. The van der Waals surface area contributed by atoms with Crippen LogP contribution in [0.2, 0.25) is 0 Å². The van der Waals surface area contributed by atoms with Crippen LogP contribution in [0.25, 0.3) is 0 Å². The third kappa shape index (κ3) is 3.11. The van der Waals surface area contributed by atoms with Crippen molar-refractivity contribution in [3.8, 4) is 0 Å². The Morgan fingerprint density at radius 3 is 2.89 bits per heavy atom. The molecule has 1 aliphatic rings. The molecule has 0 aromatic carbocycles. The van der Waals surface area contributed by atoms with Crippen molar-refractivity contribution in [3.63, 3.8) is 0 Å². The van der Waals surface area contributed by atoms with Crippen molar-refractivity contribution < 1.29 is 19.5 Å². The molecule has 1 saturated heterocycles. The zero-order valence-corrected chi connectivity index (χ0v) is 11.0. The Hall–Kier alpha value is -1.89. The summed E-state index contributed by atoms with van der Waals surface area (Å²) >= 11 is 1.14. The maximum Gasteiger partial charge on any atom is 0.354 e. The number of rotatable bonds is 3. The van der Waals surface area contributed by atoms with Crippen LogP contribution < -0.4 is 4.90 Å². The summed E-state index contributed by atoms with van der Waals surface area (Å²) in [6, 6.07) is 2.95. The zero-order valence-electron chi connectivity index (χ0n) is 10.2. The molecule has 1 aliphatic heterocycles. The van der Waals surface area contributed by atoms with Gasteiger partial charge in [0.1, 0.15) is 5.69 Å². The lowest BCUT2D eigenvalue weighted by Crippen LogP contribution is -2.25. The number of hydrogen-bond acceptors (Lipinski definition) is 5. The molecule has 0 saturated carbocycles. The van der Waals surface area contributed by atoms with E-state index in [2.05, 4.69) is 4.98 Å². The van der Waals surface area contributed by atoms with Crippen LogP contribution in [-0.4, -0.2) is 38.9 Å². The van der Waals surface area contributed by atoms with Gasteiger partial charge in [-0.25, -0.2) is 9.78 Å². The second kappa shape index (κ2) is 5.40. The van der Waals surface area contributed by atoms with Gasteiger partial charge in [0, 0.05) is 37.0 Å². The van der Waals surface area contributed by atoms with Crippen LogP contribution in [0.1, 0.15) is 23.8 Å². The van der Waals surface area contributed by atoms with Crippen LogP contribution in [0, 0.1) is 0 Å². The summed E-state index contributed by atoms with van der Waals surface area (Å²) in [7, 11) is 0. The fourth-order valence-electron chi connectivity index (χ4n) is 1.94. The highest BCUT2D eigenvalue weighted by molar-refractivity contribution is 8.14. The number of aromatic carboxylic acids is 1. The highest BCUT2D eigenvalue weighted by Crippen LogP contribution is 2.28. The number of aromatic nitrogens is 1. The maximum absolute atomic E-state index is 11.9. The first-order valence-electron chi connectivity index (χ1n) is 5.64. The van der Waals surface area contributed by atoms with E-state index in [1.807, 2.05) is 0 Å². The van der Waals surface area contributed by atoms with Crippen LogP contribution in [-0.2, 0) is 9.59 Å². The van der Waals surface area contributed by atoms with Crippen LogP contribution in [0.5, 0.6) is 0 Å². The summed E-state index contributed by atoms with van der Waals surface area (Å²) in [4.78, 5) is 39.0. The molecule has 1 aromatic rings. The van der Waals surface area contributed by atoms with Gasteiger partial charge in [0.05, 0.1) is 0 Å². The predicted molar refractivity (Wildman–Crippen MR) is 70.2 cm³/mol. The van der Waals surface area contributed by atoms with E-state index >= 15 is 0 Å². The second-order valence-electron chi connectivity index (χ2n) is 4.14. The topological polar surface area (TPSA) is 87.6 Å². The quantitative estimate of drug-likeness (QED) is 0.894. The number of carboxylic acids is 1. The van der Waals surface area contributed by atoms with E-state index in [1.165, 1.54) is 24.1 Å². The molecular formula is C12H12N2O4S. The highest BCUT2D eigenvalue weighted by atomic mass is 32.2. The van der Waals surface area contributed by atoms with E-state index in [1.54, 1.807) is 6.07 Å². The third-order valence-corrected chi connectivity index (χ3v) is 3.68. The smallest absolute Gasteiger partial charge is 0.354 e. The van der Waals surface area contributed by atoms with Crippen molar-refractivity contribution >= 4 is 34.4 Å². The molecule has 2 rings (SSSR count). The average molecular weight is 280 g/mol. The van der Waals surface area contributed by atoms with Crippen LogP contribution in [0.3, 0.4) is 0 Å². The van der Waals surface area contributed by atoms with Gasteiger partial charge in [0.2, 0.25) is 5.91 Å². The van der Waals surface area contributed by atoms with Gasteiger partial charge in [-0.3, -0.25) is 9.59 Å². The van der Waals surface area contributed by atoms with Crippen molar-refractivity contribution in [2.45, 2.75) is 18.6 Å². The van der Waals surface area contributed by atoms with Crippen molar-refractivity contribution in [2.24, 2.45) is 0 Å². The highest BCUT2D eigenvalue weighted by Gasteiger charge is 2.32. The summed E-state index contributed by atoms with van der Waals surface area (Å²) < 4.78 is 0. The summed E-state index contributed by atoms with van der Waals surface area (Å²) in [5, 5.41) is 8.77. The lowest BCUT2D eigenvalue weighted by atomic mass is 10.3. The molecule has 6 nitrogen and oxygen atoms in total. The predicted octanol–water partition coefficient (Wildman–Crippen LogP) is 1.16. The van der Waals surface area contributed by atoms with Gasteiger partial charge >= 0.3 is 5.97 Å². The molecule has 0 radical (unpaired) electrons. The molecule has 1 amide bonds. The largest absolute Gasteiger partial charge is 0.477 e. The molecule has 0 bridgehead atoms. The summed E-state index contributed by atoms with van der Waals surface area (Å²) in [6.45, 7) is 1.87. The van der Waals surface area contributed by atoms with E-state index < -0.39 is 5.97 Å². The number of hydrogen-bond donors (Lipinski definition) is 1. The Morgan fingerprint density at radius 2 is 2.26 bits per heavy atom. The van der Waals surface area contributed by atoms with Gasteiger partial charge in [0.25, 0.3) is 0 Å². The minimum Gasteiger partial charge on any atom is -0.477 e. The summed E-state index contributed by atoms with van der Waals surface area (Å²) in [6.07, 6.45) is 1.65. The first-order valence-corrected chi connectivity index (χ1v) is 6.52. The minimum atomic E-state index is -1.14. The first-order chi connectivity index (χ1) is 8.97. The van der Waals surface area contributed by atoms with E-state index in [9.17, 15) is 14.4 Å². The maximum atomic E-state index is 11.9. The molecule has 1 N–H and O–H groups in total. The Labute approximate surface area is 113 Å². The number of amides is 1. The molecule has 1 atom stereocenters. The number of anilines is 1. The van der Waals surface area contributed by atoms with Crippen molar-refractivity contribution in [2.75, 3.05) is 11.4 Å². The standard InChI is InChI=1S/C12H12N2O4S/c1-7(15)19-9-5-11(16)14(6-9)8-2-3-13-10(4-8)12(17)18/h2-4,9H,5-6H2,1H3,(H,17,18). The fraction of sp³-hybridized carbons (Fsp3) is 0.333. The van der Waals surface area contributed by atoms with Crippen molar-refractivity contribution in [1.29, 1.82) is 0 Å². The van der Waals surface area contributed by atoms with E-state index in [-0.39, 0.29) is 28.4 Å². The molecule has 0 spiro atoms. The molecule has 1 unspecified atom stereocenters. The van der Waals surface area contributed by atoms with Gasteiger partial charge in [-0.05, 0) is 12.1 Å². The molecule has 19 heavy (non-hydrogen) atoms. The molecule has 100 valence electrons. The van der Waals surface area contributed by atoms with Gasteiger partial charge in [-0.1, -0.05) is 11.8 Å².